The van der Waals surface area contributed by atoms with Crippen LogP contribution in [0, 0.1) is 0 Å². The summed E-state index contributed by atoms with van der Waals surface area (Å²) < 4.78 is 16.9. The summed E-state index contributed by atoms with van der Waals surface area (Å²) in [5, 5.41) is 0. The van der Waals surface area contributed by atoms with E-state index in [1.807, 2.05) is 0 Å². The summed E-state index contributed by atoms with van der Waals surface area (Å²) in [5.41, 5.74) is 0. The number of hydrogen-bond donors (Lipinski definition) is 0. The van der Waals surface area contributed by atoms with Crippen molar-refractivity contribution in [3.05, 3.63) is 24.3 Å². The lowest BCUT2D eigenvalue weighted by atomic mass is 10.0. The van der Waals surface area contributed by atoms with E-state index in [1.54, 1.807) is 0 Å². The van der Waals surface area contributed by atoms with Gasteiger partial charge in [-0.05, 0) is 44.9 Å². The molecule has 0 spiro atoms. The molecule has 0 radical (unpaired) electrons. The zero-order valence-electron chi connectivity index (χ0n) is 48.0. The van der Waals surface area contributed by atoms with Crippen molar-refractivity contribution in [2.75, 3.05) is 13.2 Å². The van der Waals surface area contributed by atoms with Crippen molar-refractivity contribution in [1.29, 1.82) is 0 Å². The summed E-state index contributed by atoms with van der Waals surface area (Å²) in [6, 6.07) is 0. The van der Waals surface area contributed by atoms with Gasteiger partial charge in [-0.3, -0.25) is 14.4 Å². The number of rotatable bonds is 59. The van der Waals surface area contributed by atoms with Gasteiger partial charge in [-0.1, -0.05) is 315 Å². The molecule has 0 N–H and O–H groups in total. The Hall–Kier alpha value is -2.11. The predicted molar refractivity (Wildman–Crippen MR) is 307 cm³/mol. The van der Waals surface area contributed by atoms with Crippen molar-refractivity contribution >= 4 is 17.9 Å². The van der Waals surface area contributed by atoms with Crippen LogP contribution in [0.25, 0.3) is 0 Å². The molecule has 0 aliphatic rings. The first-order chi connectivity index (χ1) is 35.0. The second-order valence-corrected chi connectivity index (χ2v) is 21.7. The second-order valence-electron chi connectivity index (χ2n) is 21.7. The molecule has 6 heteroatoms. The van der Waals surface area contributed by atoms with E-state index >= 15 is 0 Å². The van der Waals surface area contributed by atoms with Gasteiger partial charge in [0, 0.05) is 19.3 Å². The highest BCUT2D eigenvalue weighted by Crippen LogP contribution is 2.18. The summed E-state index contributed by atoms with van der Waals surface area (Å²) in [5.74, 6) is -0.857. The Kier molecular flexibility index (Phi) is 58.6. The number of unbranched alkanes of at least 4 members (excludes halogenated alkanes) is 44. The van der Waals surface area contributed by atoms with E-state index in [0.29, 0.717) is 19.3 Å². The van der Waals surface area contributed by atoms with Crippen LogP contribution in [-0.2, 0) is 28.6 Å². The van der Waals surface area contributed by atoms with E-state index in [-0.39, 0.29) is 31.1 Å². The van der Waals surface area contributed by atoms with Gasteiger partial charge in [0.1, 0.15) is 13.2 Å². The molecule has 1 unspecified atom stereocenters. The van der Waals surface area contributed by atoms with Gasteiger partial charge in [-0.25, -0.2) is 0 Å². The van der Waals surface area contributed by atoms with Crippen LogP contribution in [0.4, 0.5) is 0 Å². The van der Waals surface area contributed by atoms with Crippen LogP contribution >= 0.6 is 0 Å². The van der Waals surface area contributed by atoms with Gasteiger partial charge in [0.25, 0.3) is 0 Å². The van der Waals surface area contributed by atoms with Gasteiger partial charge >= 0.3 is 17.9 Å². The number of carbonyl (C=O) groups excluding carboxylic acids is 3. The maximum absolute atomic E-state index is 12.9. The van der Waals surface area contributed by atoms with Crippen LogP contribution in [0.2, 0.25) is 0 Å². The summed E-state index contributed by atoms with van der Waals surface area (Å²) in [6.07, 6.45) is 71.9. The van der Waals surface area contributed by atoms with Gasteiger partial charge in [0.05, 0.1) is 0 Å². The fraction of sp³-hybridized carbons (Fsp3) is 0.892. The van der Waals surface area contributed by atoms with Crippen LogP contribution in [0.3, 0.4) is 0 Å². The fourth-order valence-electron chi connectivity index (χ4n) is 9.64. The van der Waals surface area contributed by atoms with Crippen molar-refractivity contribution in [2.45, 2.75) is 361 Å². The van der Waals surface area contributed by atoms with E-state index < -0.39 is 6.10 Å². The lowest BCUT2D eigenvalue weighted by Crippen LogP contribution is -2.30. The van der Waals surface area contributed by atoms with Gasteiger partial charge in [0.2, 0.25) is 0 Å². The number of allylic oxidation sites excluding steroid dienone is 4. The van der Waals surface area contributed by atoms with Crippen LogP contribution < -0.4 is 0 Å². The molecule has 0 fully saturated rings. The van der Waals surface area contributed by atoms with Crippen LogP contribution in [0.15, 0.2) is 24.3 Å². The van der Waals surface area contributed by atoms with E-state index in [2.05, 4.69) is 45.1 Å². The highest BCUT2D eigenvalue weighted by Gasteiger charge is 2.19. The molecule has 0 aromatic heterocycles. The zero-order valence-corrected chi connectivity index (χ0v) is 48.0. The molecule has 0 heterocycles. The molecule has 0 rings (SSSR count). The van der Waals surface area contributed by atoms with E-state index in [9.17, 15) is 14.4 Å². The van der Waals surface area contributed by atoms with Gasteiger partial charge in [-0.2, -0.15) is 0 Å². The topological polar surface area (TPSA) is 78.9 Å². The maximum atomic E-state index is 12.9. The molecule has 0 saturated carbocycles. The highest BCUT2D eigenvalue weighted by molar-refractivity contribution is 5.71. The molecule has 71 heavy (non-hydrogen) atoms. The molecule has 0 aromatic carbocycles. The first-order valence-corrected chi connectivity index (χ1v) is 31.8. The molecule has 0 bridgehead atoms. The minimum Gasteiger partial charge on any atom is -0.462 e. The third kappa shape index (κ3) is 58.7. The smallest absolute Gasteiger partial charge is 0.306 e. The monoisotopic (exact) mass is 999 g/mol. The van der Waals surface area contributed by atoms with Crippen LogP contribution in [-0.4, -0.2) is 37.2 Å². The molecule has 0 aliphatic carbocycles. The number of ether oxygens (including phenoxy) is 3. The quantitative estimate of drug-likeness (QED) is 0.0261. The Balaban J connectivity index is 4.25. The first-order valence-electron chi connectivity index (χ1n) is 31.8. The second kappa shape index (κ2) is 60.4. The minimum atomic E-state index is -0.772. The minimum absolute atomic E-state index is 0.0697. The van der Waals surface area contributed by atoms with Crippen LogP contribution in [0.1, 0.15) is 355 Å². The summed E-state index contributed by atoms with van der Waals surface area (Å²) in [4.78, 5) is 38.3. The normalized spacial score (nSPS) is 12.1. The Morgan fingerprint density at radius 2 is 0.521 bits per heavy atom. The van der Waals surface area contributed by atoms with Gasteiger partial charge in [0.15, 0.2) is 6.10 Å². The number of esters is 3. The molecule has 0 saturated heterocycles. The largest absolute Gasteiger partial charge is 0.462 e. The third-order valence-corrected chi connectivity index (χ3v) is 14.5. The van der Waals surface area contributed by atoms with E-state index in [1.165, 1.54) is 238 Å². The number of hydrogen-bond acceptors (Lipinski definition) is 6. The lowest BCUT2D eigenvalue weighted by Gasteiger charge is -2.18. The standard InChI is InChI=1S/C65H122O6/c1-4-7-10-13-16-19-22-25-28-30-31-32-33-34-35-36-38-40-43-46-49-52-55-58-64(67)70-61-62(60-69-63(66)57-54-51-48-45-42-39-27-24-21-18-15-12-9-6-3)71-65(68)59-56-53-50-47-44-41-37-29-26-23-20-17-14-11-8-5-2/h15,18,24,27,62H,4-14,16-17,19-23,25-26,28-61H2,1-3H3/b18-15-,27-24-. The molecular weight excluding hydrogens is 877 g/mol. The van der Waals surface area contributed by atoms with Crippen molar-refractivity contribution in [3.8, 4) is 0 Å². The van der Waals surface area contributed by atoms with Crippen LogP contribution in [0.5, 0.6) is 0 Å². The molecule has 0 amide bonds. The van der Waals surface area contributed by atoms with Crippen molar-refractivity contribution in [3.63, 3.8) is 0 Å². The average Bonchev–Trinajstić information content (AvgIpc) is 3.37. The van der Waals surface area contributed by atoms with E-state index in [4.69, 9.17) is 14.2 Å². The Bertz CT molecular complexity index is 1150. The fourth-order valence-corrected chi connectivity index (χ4v) is 9.64. The molecule has 0 aliphatic heterocycles. The van der Waals surface area contributed by atoms with Crippen molar-refractivity contribution < 1.29 is 28.6 Å². The van der Waals surface area contributed by atoms with Crippen molar-refractivity contribution in [1.82, 2.24) is 0 Å². The van der Waals surface area contributed by atoms with Gasteiger partial charge in [-0.15, -0.1) is 0 Å². The molecular formula is C65H122O6. The zero-order chi connectivity index (χ0) is 51.4. The summed E-state index contributed by atoms with van der Waals surface area (Å²) in [6.45, 7) is 6.66. The Labute approximate surface area is 443 Å². The average molecular weight is 1000 g/mol. The SMILES string of the molecule is CCCC/C=C\C/C=C\CCCCCCCC(=O)OCC(COC(=O)CCCCCCCCCCCCCCCCCCCCCCCCC)OC(=O)CCCCCCCCCCCCCCCCCC. The first kappa shape index (κ1) is 68.9. The van der Waals surface area contributed by atoms with Gasteiger partial charge < -0.3 is 14.2 Å². The summed E-state index contributed by atoms with van der Waals surface area (Å²) >= 11 is 0. The van der Waals surface area contributed by atoms with Crippen molar-refractivity contribution in [2.24, 2.45) is 0 Å². The molecule has 0 aromatic rings. The Morgan fingerprint density at radius 3 is 0.817 bits per heavy atom. The predicted octanol–water partition coefficient (Wildman–Crippen LogP) is 21.4. The lowest BCUT2D eigenvalue weighted by molar-refractivity contribution is -0.167. The summed E-state index contributed by atoms with van der Waals surface area (Å²) in [7, 11) is 0. The Morgan fingerprint density at radius 1 is 0.282 bits per heavy atom. The molecule has 6 nitrogen and oxygen atoms in total. The molecule has 1 atom stereocenters. The maximum Gasteiger partial charge on any atom is 0.306 e. The number of carbonyl (C=O) groups is 3. The third-order valence-electron chi connectivity index (χ3n) is 14.5. The van der Waals surface area contributed by atoms with E-state index in [0.717, 1.165) is 77.0 Å². The molecule has 418 valence electrons. The highest BCUT2D eigenvalue weighted by atomic mass is 16.6.